The zero-order valence-corrected chi connectivity index (χ0v) is 11.8. The van der Waals surface area contributed by atoms with Crippen molar-refractivity contribution in [2.45, 2.75) is 20.0 Å². The molecule has 0 radical (unpaired) electrons. The first-order chi connectivity index (χ1) is 9.69. The number of benzene rings is 2. The minimum atomic E-state index is -0.0163. The van der Waals surface area contributed by atoms with Gasteiger partial charge >= 0.3 is 0 Å². The van der Waals surface area contributed by atoms with Crippen LogP contribution in [-0.4, -0.2) is 13.0 Å². The molecular weight excluding hydrogens is 250 g/mol. The topological polar surface area (TPSA) is 38.3 Å². The van der Waals surface area contributed by atoms with E-state index >= 15 is 0 Å². The van der Waals surface area contributed by atoms with Crippen molar-refractivity contribution in [1.29, 1.82) is 0 Å². The number of hydrogen-bond donors (Lipinski definition) is 1. The van der Waals surface area contributed by atoms with E-state index in [2.05, 4.69) is 5.32 Å². The van der Waals surface area contributed by atoms with Crippen molar-refractivity contribution in [1.82, 2.24) is 0 Å². The van der Waals surface area contributed by atoms with Crippen LogP contribution in [0.4, 0.5) is 5.69 Å². The second-order valence-corrected chi connectivity index (χ2v) is 4.80. The van der Waals surface area contributed by atoms with Crippen LogP contribution in [0.5, 0.6) is 0 Å². The van der Waals surface area contributed by atoms with Crippen LogP contribution >= 0.6 is 0 Å². The van der Waals surface area contributed by atoms with Crippen molar-refractivity contribution in [2.24, 2.45) is 0 Å². The molecule has 104 valence electrons. The van der Waals surface area contributed by atoms with Gasteiger partial charge < -0.3 is 10.1 Å². The molecule has 3 heteroatoms. The number of aryl methyl sites for hydroxylation is 1. The first kappa shape index (κ1) is 14.3. The Morgan fingerprint density at radius 2 is 1.80 bits per heavy atom. The number of carbonyl (C=O) groups is 1. The van der Waals surface area contributed by atoms with E-state index in [-0.39, 0.29) is 5.91 Å². The summed E-state index contributed by atoms with van der Waals surface area (Å²) >= 11 is 0. The van der Waals surface area contributed by atoms with E-state index in [1.165, 1.54) is 5.56 Å². The predicted octanol–water partition coefficient (Wildman–Crippen LogP) is 3.32. The number of para-hydroxylation sites is 1. The highest BCUT2D eigenvalue weighted by molar-refractivity contribution is 5.92. The summed E-state index contributed by atoms with van der Waals surface area (Å²) in [6.45, 7) is 2.52. The maximum atomic E-state index is 12.1. The fourth-order valence-corrected chi connectivity index (χ4v) is 2.01. The number of methoxy groups -OCH3 is 1. The third-order valence-electron chi connectivity index (χ3n) is 3.08. The fraction of sp³-hybridized carbons (Fsp3) is 0.235. The molecule has 2 rings (SSSR count). The molecule has 0 bridgehead atoms. The van der Waals surface area contributed by atoms with E-state index in [1.54, 1.807) is 7.11 Å². The molecule has 0 saturated carbocycles. The van der Waals surface area contributed by atoms with E-state index in [9.17, 15) is 4.79 Å². The Hall–Kier alpha value is -2.13. The second kappa shape index (κ2) is 6.87. The second-order valence-electron chi connectivity index (χ2n) is 4.80. The van der Waals surface area contributed by atoms with Gasteiger partial charge in [-0.1, -0.05) is 48.0 Å². The van der Waals surface area contributed by atoms with Crippen molar-refractivity contribution >= 4 is 11.6 Å². The van der Waals surface area contributed by atoms with Gasteiger partial charge in [0, 0.05) is 18.4 Å². The average Bonchev–Trinajstić information content (AvgIpc) is 2.44. The molecule has 20 heavy (non-hydrogen) atoms. The van der Waals surface area contributed by atoms with Gasteiger partial charge in [0.05, 0.1) is 13.0 Å². The number of nitrogens with one attached hydrogen (secondary N) is 1. The Morgan fingerprint density at radius 1 is 1.10 bits per heavy atom. The van der Waals surface area contributed by atoms with Gasteiger partial charge in [0.1, 0.15) is 0 Å². The quantitative estimate of drug-likeness (QED) is 0.904. The SMILES string of the molecule is COCc1ccccc1NC(=O)Cc1ccc(C)cc1. The third-order valence-corrected chi connectivity index (χ3v) is 3.08. The Labute approximate surface area is 119 Å². The zero-order chi connectivity index (χ0) is 14.4. The largest absolute Gasteiger partial charge is 0.380 e. The van der Waals surface area contributed by atoms with E-state index < -0.39 is 0 Å². The summed E-state index contributed by atoms with van der Waals surface area (Å²) in [5.41, 5.74) is 4.00. The van der Waals surface area contributed by atoms with E-state index in [4.69, 9.17) is 4.74 Å². The van der Waals surface area contributed by atoms with Crippen LogP contribution in [0.25, 0.3) is 0 Å². The lowest BCUT2D eigenvalue weighted by Gasteiger charge is -2.10. The number of hydrogen-bond acceptors (Lipinski definition) is 2. The number of anilines is 1. The molecule has 1 N–H and O–H groups in total. The highest BCUT2D eigenvalue weighted by Gasteiger charge is 2.07. The highest BCUT2D eigenvalue weighted by atomic mass is 16.5. The Bertz CT molecular complexity index is 576. The molecule has 0 saturated heterocycles. The zero-order valence-electron chi connectivity index (χ0n) is 11.8. The molecule has 0 unspecified atom stereocenters. The Kier molecular flexibility index (Phi) is 4.91. The number of carbonyl (C=O) groups excluding carboxylic acids is 1. The van der Waals surface area contributed by atoms with Crippen LogP contribution in [0.1, 0.15) is 16.7 Å². The van der Waals surface area contributed by atoms with Gasteiger partial charge in [-0.3, -0.25) is 4.79 Å². The molecule has 3 nitrogen and oxygen atoms in total. The lowest BCUT2D eigenvalue weighted by molar-refractivity contribution is -0.115. The standard InChI is InChI=1S/C17H19NO2/c1-13-7-9-14(10-8-13)11-17(19)18-16-6-4-3-5-15(16)12-20-2/h3-10H,11-12H2,1-2H3,(H,18,19). The van der Waals surface area contributed by atoms with Crippen molar-refractivity contribution in [3.05, 3.63) is 65.2 Å². The van der Waals surface area contributed by atoms with Gasteiger partial charge in [0.2, 0.25) is 5.91 Å². The number of ether oxygens (including phenoxy) is 1. The summed E-state index contributed by atoms with van der Waals surface area (Å²) in [7, 11) is 1.64. The third kappa shape index (κ3) is 3.93. The molecule has 0 aliphatic rings. The van der Waals surface area contributed by atoms with E-state index in [1.807, 2.05) is 55.5 Å². The first-order valence-corrected chi connectivity index (χ1v) is 6.61. The summed E-state index contributed by atoms with van der Waals surface area (Å²) in [5, 5.41) is 2.94. The summed E-state index contributed by atoms with van der Waals surface area (Å²) in [6, 6.07) is 15.7. The molecule has 2 aromatic carbocycles. The maximum absolute atomic E-state index is 12.1. The summed E-state index contributed by atoms with van der Waals surface area (Å²) in [6.07, 6.45) is 0.377. The van der Waals surface area contributed by atoms with Gasteiger partial charge in [-0.05, 0) is 18.6 Å². The van der Waals surface area contributed by atoms with Gasteiger partial charge in [-0.15, -0.1) is 0 Å². The van der Waals surface area contributed by atoms with Crippen LogP contribution in [0.2, 0.25) is 0 Å². The van der Waals surface area contributed by atoms with Crippen molar-refractivity contribution < 1.29 is 9.53 Å². The Balaban J connectivity index is 2.02. The molecule has 0 aliphatic carbocycles. The highest BCUT2D eigenvalue weighted by Crippen LogP contribution is 2.16. The average molecular weight is 269 g/mol. The first-order valence-electron chi connectivity index (χ1n) is 6.61. The van der Waals surface area contributed by atoms with Gasteiger partial charge in [0.25, 0.3) is 0 Å². The molecular formula is C17H19NO2. The molecule has 0 aromatic heterocycles. The molecule has 0 spiro atoms. The van der Waals surface area contributed by atoms with Crippen LogP contribution in [0.3, 0.4) is 0 Å². The summed E-state index contributed by atoms with van der Waals surface area (Å²) < 4.78 is 5.13. The maximum Gasteiger partial charge on any atom is 0.228 e. The van der Waals surface area contributed by atoms with E-state index in [0.717, 1.165) is 16.8 Å². The molecule has 2 aromatic rings. The van der Waals surface area contributed by atoms with Crippen LogP contribution in [0.15, 0.2) is 48.5 Å². The minimum Gasteiger partial charge on any atom is -0.380 e. The lowest BCUT2D eigenvalue weighted by atomic mass is 10.1. The van der Waals surface area contributed by atoms with Crippen molar-refractivity contribution in [3.8, 4) is 0 Å². The smallest absolute Gasteiger partial charge is 0.228 e. The summed E-state index contributed by atoms with van der Waals surface area (Å²) in [5.74, 6) is -0.0163. The molecule has 0 atom stereocenters. The van der Waals surface area contributed by atoms with Gasteiger partial charge in [0.15, 0.2) is 0 Å². The van der Waals surface area contributed by atoms with Crippen LogP contribution in [0, 0.1) is 6.92 Å². The molecule has 1 amide bonds. The van der Waals surface area contributed by atoms with Crippen molar-refractivity contribution in [2.75, 3.05) is 12.4 Å². The lowest BCUT2D eigenvalue weighted by Crippen LogP contribution is -2.15. The molecule has 0 aliphatic heterocycles. The summed E-state index contributed by atoms with van der Waals surface area (Å²) in [4.78, 5) is 12.1. The van der Waals surface area contributed by atoms with Gasteiger partial charge in [-0.25, -0.2) is 0 Å². The predicted molar refractivity (Wildman–Crippen MR) is 80.7 cm³/mol. The molecule has 0 fully saturated rings. The molecule has 0 heterocycles. The van der Waals surface area contributed by atoms with Crippen LogP contribution in [-0.2, 0) is 22.6 Å². The number of amides is 1. The van der Waals surface area contributed by atoms with Crippen molar-refractivity contribution in [3.63, 3.8) is 0 Å². The van der Waals surface area contributed by atoms with Gasteiger partial charge in [-0.2, -0.15) is 0 Å². The van der Waals surface area contributed by atoms with E-state index in [0.29, 0.717) is 13.0 Å². The minimum absolute atomic E-state index is 0.0163. The van der Waals surface area contributed by atoms with Crippen LogP contribution < -0.4 is 5.32 Å². The monoisotopic (exact) mass is 269 g/mol. The Morgan fingerprint density at radius 3 is 2.50 bits per heavy atom. The normalized spacial score (nSPS) is 10.3. The number of rotatable bonds is 5. The fourth-order valence-electron chi connectivity index (χ4n) is 2.01.